The highest BCUT2D eigenvalue weighted by Crippen LogP contribution is 2.27. The summed E-state index contributed by atoms with van der Waals surface area (Å²) in [6.45, 7) is 4.30. The summed E-state index contributed by atoms with van der Waals surface area (Å²) >= 11 is 0. The molecule has 0 N–H and O–H groups in total. The smallest absolute Gasteiger partial charge is 0.254 e. The number of hydrogen-bond acceptors (Lipinski definition) is 3. The van der Waals surface area contributed by atoms with Crippen molar-refractivity contribution in [1.29, 1.82) is 0 Å². The normalized spacial score (nSPS) is 14.2. The summed E-state index contributed by atoms with van der Waals surface area (Å²) in [6, 6.07) is 13.4. The molecule has 2 heterocycles. The van der Waals surface area contributed by atoms with E-state index < -0.39 is 0 Å². The molecule has 1 aromatic carbocycles. The van der Waals surface area contributed by atoms with Gasteiger partial charge in [0.15, 0.2) is 0 Å². The minimum atomic E-state index is -0.0777. The third-order valence-corrected chi connectivity index (χ3v) is 5.17. The quantitative estimate of drug-likeness (QED) is 0.625. The average molecular weight is 387 g/mol. The summed E-state index contributed by atoms with van der Waals surface area (Å²) in [4.78, 5) is 12.8. The first kappa shape index (κ1) is 19.1. The van der Waals surface area contributed by atoms with Crippen LogP contribution in [0, 0.1) is 24.7 Å². The molecule has 1 atom stereocenters. The predicted molar refractivity (Wildman–Crippen MR) is 113 cm³/mol. The zero-order chi connectivity index (χ0) is 20.4. The SMILES string of the molecule is Cc1cc(OCc2ccn(C)n2)cc(=O)n1[C@H](C)c1ccc(C#CC2CC2)cc1. The van der Waals surface area contributed by atoms with Crippen LogP contribution in [-0.4, -0.2) is 14.3 Å². The van der Waals surface area contributed by atoms with Gasteiger partial charge in [0.2, 0.25) is 0 Å². The maximum Gasteiger partial charge on any atom is 0.254 e. The van der Waals surface area contributed by atoms with Crippen molar-refractivity contribution in [2.45, 2.75) is 39.3 Å². The monoisotopic (exact) mass is 387 g/mol. The molecule has 4 rings (SSSR count). The fourth-order valence-corrected chi connectivity index (χ4v) is 3.37. The zero-order valence-electron chi connectivity index (χ0n) is 17.1. The van der Waals surface area contributed by atoms with Crippen LogP contribution in [0.25, 0.3) is 0 Å². The Kier molecular flexibility index (Phi) is 5.26. The molecule has 29 heavy (non-hydrogen) atoms. The molecule has 0 radical (unpaired) electrons. The zero-order valence-corrected chi connectivity index (χ0v) is 17.1. The Morgan fingerprint density at radius 3 is 2.59 bits per heavy atom. The number of pyridine rings is 1. The second-order valence-corrected chi connectivity index (χ2v) is 7.65. The van der Waals surface area contributed by atoms with E-state index in [1.807, 2.05) is 51.4 Å². The average Bonchev–Trinajstić information content (AvgIpc) is 3.44. The van der Waals surface area contributed by atoms with Gasteiger partial charge in [0.1, 0.15) is 12.4 Å². The molecule has 1 saturated carbocycles. The van der Waals surface area contributed by atoms with E-state index in [0.29, 0.717) is 18.3 Å². The van der Waals surface area contributed by atoms with E-state index in [9.17, 15) is 4.79 Å². The Morgan fingerprint density at radius 1 is 1.21 bits per heavy atom. The van der Waals surface area contributed by atoms with Gasteiger partial charge in [0, 0.05) is 36.5 Å². The van der Waals surface area contributed by atoms with Gasteiger partial charge >= 0.3 is 0 Å². The van der Waals surface area contributed by atoms with E-state index in [1.165, 1.54) is 12.8 Å². The molecule has 148 valence electrons. The van der Waals surface area contributed by atoms with Crippen molar-refractivity contribution in [3.63, 3.8) is 0 Å². The molecule has 5 nitrogen and oxygen atoms in total. The number of hydrogen-bond donors (Lipinski definition) is 0. The molecule has 0 aliphatic heterocycles. The van der Waals surface area contributed by atoms with E-state index in [0.717, 1.165) is 22.5 Å². The number of benzene rings is 1. The topological polar surface area (TPSA) is 49.1 Å². The molecule has 1 aliphatic carbocycles. The van der Waals surface area contributed by atoms with Gasteiger partial charge in [-0.2, -0.15) is 5.10 Å². The fourth-order valence-electron chi connectivity index (χ4n) is 3.37. The maximum absolute atomic E-state index is 12.8. The van der Waals surface area contributed by atoms with Crippen molar-refractivity contribution in [2.75, 3.05) is 0 Å². The van der Waals surface area contributed by atoms with Crippen molar-refractivity contribution in [1.82, 2.24) is 14.3 Å². The van der Waals surface area contributed by atoms with Crippen LogP contribution in [0.1, 0.15) is 48.3 Å². The van der Waals surface area contributed by atoms with E-state index in [2.05, 4.69) is 29.1 Å². The Labute approximate surface area is 171 Å². The number of rotatable bonds is 5. The van der Waals surface area contributed by atoms with Gasteiger partial charge in [-0.05, 0) is 56.5 Å². The molecular formula is C24H25N3O2. The molecule has 2 aromatic heterocycles. The van der Waals surface area contributed by atoms with Crippen molar-refractivity contribution < 1.29 is 4.74 Å². The lowest BCUT2D eigenvalue weighted by Gasteiger charge is -2.19. The van der Waals surface area contributed by atoms with Crippen LogP contribution in [0.4, 0.5) is 0 Å². The third-order valence-electron chi connectivity index (χ3n) is 5.17. The van der Waals surface area contributed by atoms with E-state index in [-0.39, 0.29) is 11.6 Å². The van der Waals surface area contributed by atoms with Gasteiger partial charge in [-0.15, -0.1) is 0 Å². The second-order valence-electron chi connectivity index (χ2n) is 7.65. The molecule has 1 fully saturated rings. The van der Waals surface area contributed by atoms with Gasteiger partial charge in [0.25, 0.3) is 5.56 Å². The van der Waals surface area contributed by atoms with Crippen molar-refractivity contribution in [3.8, 4) is 17.6 Å². The van der Waals surface area contributed by atoms with Gasteiger partial charge in [-0.3, -0.25) is 9.48 Å². The van der Waals surface area contributed by atoms with Gasteiger partial charge in [-0.25, -0.2) is 0 Å². The first-order valence-corrected chi connectivity index (χ1v) is 9.95. The van der Waals surface area contributed by atoms with Crippen molar-refractivity contribution in [3.05, 3.63) is 81.5 Å². The third kappa shape index (κ3) is 4.60. The van der Waals surface area contributed by atoms with Crippen LogP contribution in [0.5, 0.6) is 5.75 Å². The highest BCUT2D eigenvalue weighted by atomic mass is 16.5. The first-order chi connectivity index (χ1) is 14.0. The van der Waals surface area contributed by atoms with Crippen LogP contribution >= 0.6 is 0 Å². The summed E-state index contributed by atoms with van der Waals surface area (Å²) in [6.07, 6.45) is 4.32. The van der Waals surface area contributed by atoms with Crippen LogP contribution < -0.4 is 10.3 Å². The lowest BCUT2D eigenvalue weighted by atomic mass is 10.1. The molecule has 0 saturated heterocycles. The minimum Gasteiger partial charge on any atom is -0.487 e. The number of ether oxygens (including phenoxy) is 1. The number of aryl methyl sites for hydroxylation is 2. The largest absolute Gasteiger partial charge is 0.487 e. The summed E-state index contributed by atoms with van der Waals surface area (Å²) in [7, 11) is 1.86. The molecule has 1 aliphatic rings. The number of nitrogens with zero attached hydrogens (tertiary/aromatic N) is 3. The highest BCUT2D eigenvalue weighted by molar-refractivity contribution is 5.38. The van der Waals surface area contributed by atoms with Crippen LogP contribution in [0.2, 0.25) is 0 Å². The van der Waals surface area contributed by atoms with E-state index >= 15 is 0 Å². The van der Waals surface area contributed by atoms with Gasteiger partial charge < -0.3 is 9.30 Å². The molecule has 5 heteroatoms. The Bertz CT molecular complexity index is 1130. The molecular weight excluding hydrogens is 362 g/mol. The minimum absolute atomic E-state index is 0.0715. The van der Waals surface area contributed by atoms with Gasteiger partial charge in [-0.1, -0.05) is 24.0 Å². The summed E-state index contributed by atoms with van der Waals surface area (Å²) in [5.41, 5.74) is 3.71. The maximum atomic E-state index is 12.8. The van der Waals surface area contributed by atoms with E-state index in [1.54, 1.807) is 15.3 Å². The summed E-state index contributed by atoms with van der Waals surface area (Å²) in [5, 5.41) is 4.29. The van der Waals surface area contributed by atoms with E-state index in [4.69, 9.17) is 4.74 Å². The Morgan fingerprint density at radius 2 is 1.97 bits per heavy atom. The molecule has 0 amide bonds. The van der Waals surface area contributed by atoms with Crippen LogP contribution in [0.3, 0.4) is 0 Å². The number of aromatic nitrogens is 3. The Hall–Kier alpha value is -3.26. The first-order valence-electron chi connectivity index (χ1n) is 9.95. The van der Waals surface area contributed by atoms with Crippen molar-refractivity contribution in [2.24, 2.45) is 13.0 Å². The molecule has 3 aromatic rings. The van der Waals surface area contributed by atoms with Crippen LogP contribution in [-0.2, 0) is 13.7 Å². The van der Waals surface area contributed by atoms with Crippen molar-refractivity contribution >= 4 is 0 Å². The lowest BCUT2D eigenvalue weighted by Crippen LogP contribution is -2.25. The van der Waals surface area contributed by atoms with Gasteiger partial charge in [0.05, 0.1) is 11.7 Å². The van der Waals surface area contributed by atoms with Crippen LogP contribution in [0.15, 0.2) is 53.5 Å². The molecule has 0 bridgehead atoms. The molecule has 0 unspecified atom stereocenters. The summed E-state index contributed by atoms with van der Waals surface area (Å²) in [5.74, 6) is 7.66. The summed E-state index contributed by atoms with van der Waals surface area (Å²) < 4.78 is 9.29. The highest BCUT2D eigenvalue weighted by Gasteiger charge is 2.18. The molecule has 0 spiro atoms. The predicted octanol–water partition coefficient (Wildman–Crippen LogP) is 3.84. The Balaban J connectivity index is 1.50. The second kappa shape index (κ2) is 8.00. The fraction of sp³-hybridized carbons (Fsp3) is 0.333. The standard InChI is InChI=1S/C24H25N3O2/c1-17-14-23(29-16-22-12-13-26(3)25-22)15-24(28)27(17)18(2)21-10-8-20(9-11-21)7-6-19-4-5-19/h8-15,18-19H,4-5,16H2,1-3H3/t18-/m1/s1. The lowest BCUT2D eigenvalue weighted by molar-refractivity contribution is 0.298.